The molecule has 0 saturated carbocycles. The topological polar surface area (TPSA) is 58.4 Å². The van der Waals surface area contributed by atoms with Crippen molar-refractivity contribution in [2.24, 2.45) is 11.7 Å². The van der Waals surface area contributed by atoms with Crippen LogP contribution in [0.3, 0.4) is 0 Å². The van der Waals surface area contributed by atoms with Crippen LogP contribution in [0.4, 0.5) is 14.9 Å². The van der Waals surface area contributed by atoms with Crippen molar-refractivity contribution < 1.29 is 9.18 Å². The summed E-state index contributed by atoms with van der Waals surface area (Å²) in [4.78, 5) is 13.8. The van der Waals surface area contributed by atoms with Crippen LogP contribution in [0.2, 0.25) is 0 Å². The van der Waals surface area contributed by atoms with Crippen LogP contribution in [0.1, 0.15) is 19.8 Å². The number of para-hydroxylation sites is 1. The van der Waals surface area contributed by atoms with E-state index in [-0.39, 0.29) is 17.8 Å². The van der Waals surface area contributed by atoms with Gasteiger partial charge in [0.15, 0.2) is 0 Å². The zero-order valence-corrected chi connectivity index (χ0v) is 11.1. The first-order chi connectivity index (χ1) is 9.11. The van der Waals surface area contributed by atoms with Gasteiger partial charge in [0, 0.05) is 19.1 Å². The van der Waals surface area contributed by atoms with Crippen molar-refractivity contribution in [1.29, 1.82) is 0 Å². The molecule has 2 rings (SSSR count). The third-order valence-corrected chi connectivity index (χ3v) is 3.72. The molecular formula is C14H20FN3O. The summed E-state index contributed by atoms with van der Waals surface area (Å²) >= 11 is 0. The molecule has 1 fully saturated rings. The molecule has 1 aliphatic heterocycles. The largest absolute Gasteiger partial charge is 0.327 e. The second-order valence-corrected chi connectivity index (χ2v) is 4.98. The Morgan fingerprint density at radius 1 is 1.53 bits per heavy atom. The van der Waals surface area contributed by atoms with E-state index >= 15 is 0 Å². The molecule has 2 atom stereocenters. The van der Waals surface area contributed by atoms with Crippen LogP contribution >= 0.6 is 0 Å². The van der Waals surface area contributed by atoms with Crippen LogP contribution in [-0.2, 0) is 0 Å². The summed E-state index contributed by atoms with van der Waals surface area (Å²) in [5.41, 5.74) is 6.23. The number of carbonyl (C=O) groups is 1. The molecule has 0 aromatic heterocycles. The van der Waals surface area contributed by atoms with E-state index in [0.29, 0.717) is 19.0 Å². The lowest BCUT2D eigenvalue weighted by molar-refractivity contribution is 0.163. The lowest BCUT2D eigenvalue weighted by atomic mass is 9.91. The lowest BCUT2D eigenvalue weighted by Gasteiger charge is -2.36. The first-order valence-electron chi connectivity index (χ1n) is 6.68. The minimum atomic E-state index is -0.420. The normalized spacial score (nSPS) is 23.2. The van der Waals surface area contributed by atoms with Gasteiger partial charge in [-0.2, -0.15) is 0 Å². The highest BCUT2D eigenvalue weighted by Gasteiger charge is 2.28. The standard InChI is InChI=1S/C14H20FN3O/c1-2-10-9-18(8-7-12(10)16)14(19)17-13-6-4-3-5-11(13)15/h3-6,10,12H,2,7-9,16H2,1H3,(H,17,19). The number of carbonyl (C=O) groups excluding carboxylic acids is 1. The Morgan fingerprint density at radius 2 is 2.26 bits per heavy atom. The predicted octanol–water partition coefficient (Wildman–Crippen LogP) is 2.42. The van der Waals surface area contributed by atoms with Crippen molar-refractivity contribution in [1.82, 2.24) is 4.90 Å². The summed E-state index contributed by atoms with van der Waals surface area (Å²) in [5, 5.41) is 2.61. The second-order valence-electron chi connectivity index (χ2n) is 4.98. The number of hydrogen-bond acceptors (Lipinski definition) is 2. The van der Waals surface area contributed by atoms with E-state index in [9.17, 15) is 9.18 Å². The molecule has 3 N–H and O–H groups in total. The fourth-order valence-electron chi connectivity index (χ4n) is 2.42. The number of anilines is 1. The maximum absolute atomic E-state index is 13.5. The number of nitrogens with zero attached hydrogens (tertiary/aromatic N) is 1. The molecule has 0 spiro atoms. The van der Waals surface area contributed by atoms with E-state index in [1.807, 2.05) is 0 Å². The number of likely N-dealkylation sites (tertiary alicyclic amines) is 1. The van der Waals surface area contributed by atoms with E-state index in [4.69, 9.17) is 5.73 Å². The first-order valence-corrected chi connectivity index (χ1v) is 6.68. The highest BCUT2D eigenvalue weighted by molar-refractivity contribution is 5.89. The maximum atomic E-state index is 13.5. The van der Waals surface area contributed by atoms with Gasteiger partial charge in [0.25, 0.3) is 0 Å². The van der Waals surface area contributed by atoms with E-state index in [1.54, 1.807) is 23.1 Å². The van der Waals surface area contributed by atoms with E-state index < -0.39 is 5.82 Å². The van der Waals surface area contributed by atoms with Gasteiger partial charge < -0.3 is 16.0 Å². The fourth-order valence-corrected chi connectivity index (χ4v) is 2.42. The Kier molecular flexibility index (Phi) is 4.37. The number of hydrogen-bond donors (Lipinski definition) is 2. The number of benzene rings is 1. The summed E-state index contributed by atoms with van der Waals surface area (Å²) in [6, 6.07) is 6.08. The summed E-state index contributed by atoms with van der Waals surface area (Å²) in [7, 11) is 0. The quantitative estimate of drug-likeness (QED) is 0.862. The smallest absolute Gasteiger partial charge is 0.321 e. The average molecular weight is 265 g/mol. The summed E-state index contributed by atoms with van der Waals surface area (Å²) in [6.45, 7) is 3.33. The number of rotatable bonds is 2. The number of halogens is 1. The van der Waals surface area contributed by atoms with E-state index in [0.717, 1.165) is 12.8 Å². The van der Waals surface area contributed by atoms with Crippen molar-refractivity contribution in [2.45, 2.75) is 25.8 Å². The molecule has 1 saturated heterocycles. The molecule has 1 aliphatic rings. The van der Waals surface area contributed by atoms with Crippen LogP contribution in [0.15, 0.2) is 24.3 Å². The van der Waals surface area contributed by atoms with E-state index in [1.165, 1.54) is 6.07 Å². The summed E-state index contributed by atoms with van der Waals surface area (Å²) in [6.07, 6.45) is 1.74. The van der Waals surface area contributed by atoms with Crippen molar-refractivity contribution in [3.05, 3.63) is 30.1 Å². The van der Waals surface area contributed by atoms with Gasteiger partial charge in [-0.1, -0.05) is 25.5 Å². The fraction of sp³-hybridized carbons (Fsp3) is 0.500. The van der Waals surface area contributed by atoms with Crippen molar-refractivity contribution in [2.75, 3.05) is 18.4 Å². The third kappa shape index (κ3) is 3.23. The maximum Gasteiger partial charge on any atom is 0.321 e. The van der Waals surface area contributed by atoms with Gasteiger partial charge in [-0.15, -0.1) is 0 Å². The second kappa shape index (κ2) is 6.02. The monoisotopic (exact) mass is 265 g/mol. The Balaban J connectivity index is 1.99. The van der Waals surface area contributed by atoms with Crippen molar-refractivity contribution in [3.63, 3.8) is 0 Å². The minimum Gasteiger partial charge on any atom is -0.327 e. The number of nitrogens with two attached hydrogens (primary N) is 1. The van der Waals surface area contributed by atoms with E-state index in [2.05, 4.69) is 12.2 Å². The summed E-state index contributed by atoms with van der Waals surface area (Å²) < 4.78 is 13.5. The van der Waals surface area contributed by atoms with Gasteiger partial charge >= 0.3 is 6.03 Å². The Morgan fingerprint density at radius 3 is 2.95 bits per heavy atom. The zero-order chi connectivity index (χ0) is 13.8. The molecule has 1 aromatic rings. The molecule has 4 nitrogen and oxygen atoms in total. The molecule has 0 aliphatic carbocycles. The molecule has 1 aromatic carbocycles. The number of piperidine rings is 1. The van der Waals surface area contributed by atoms with Gasteiger partial charge in [-0.3, -0.25) is 0 Å². The molecule has 5 heteroatoms. The number of nitrogens with one attached hydrogen (secondary N) is 1. The van der Waals surface area contributed by atoms with Crippen LogP contribution in [0, 0.1) is 11.7 Å². The lowest BCUT2D eigenvalue weighted by Crippen LogP contribution is -2.50. The predicted molar refractivity (Wildman–Crippen MR) is 73.4 cm³/mol. The molecule has 2 unspecified atom stereocenters. The van der Waals surface area contributed by atoms with Crippen LogP contribution < -0.4 is 11.1 Å². The van der Waals surface area contributed by atoms with Crippen LogP contribution in [0.25, 0.3) is 0 Å². The molecule has 19 heavy (non-hydrogen) atoms. The Bertz CT molecular complexity index is 452. The molecule has 2 amide bonds. The Hall–Kier alpha value is -1.62. The molecule has 104 valence electrons. The highest BCUT2D eigenvalue weighted by atomic mass is 19.1. The number of amides is 2. The van der Waals surface area contributed by atoms with Gasteiger partial charge in [0.2, 0.25) is 0 Å². The zero-order valence-electron chi connectivity index (χ0n) is 11.1. The van der Waals surface area contributed by atoms with Gasteiger partial charge in [0.05, 0.1) is 5.69 Å². The average Bonchev–Trinajstić information content (AvgIpc) is 2.42. The van der Waals surface area contributed by atoms with Gasteiger partial charge in [0.1, 0.15) is 5.82 Å². The SMILES string of the molecule is CCC1CN(C(=O)Nc2ccccc2F)CCC1N. The van der Waals surface area contributed by atoms with Crippen molar-refractivity contribution in [3.8, 4) is 0 Å². The van der Waals surface area contributed by atoms with Crippen LogP contribution in [0.5, 0.6) is 0 Å². The van der Waals surface area contributed by atoms with Gasteiger partial charge in [-0.05, 0) is 24.5 Å². The molecule has 0 radical (unpaired) electrons. The first kappa shape index (κ1) is 13.8. The van der Waals surface area contributed by atoms with Crippen molar-refractivity contribution >= 4 is 11.7 Å². The van der Waals surface area contributed by atoms with Gasteiger partial charge in [-0.25, -0.2) is 9.18 Å². The number of urea groups is 1. The minimum absolute atomic E-state index is 0.155. The van der Waals surface area contributed by atoms with Crippen LogP contribution in [-0.4, -0.2) is 30.1 Å². The molecule has 1 heterocycles. The highest BCUT2D eigenvalue weighted by Crippen LogP contribution is 2.20. The Labute approximate surface area is 112 Å². The third-order valence-electron chi connectivity index (χ3n) is 3.72. The molecule has 0 bridgehead atoms. The molecular weight excluding hydrogens is 245 g/mol. The summed E-state index contributed by atoms with van der Waals surface area (Å²) in [5.74, 6) is -0.100.